The highest BCUT2D eigenvalue weighted by atomic mass is 16.3. The summed E-state index contributed by atoms with van der Waals surface area (Å²) in [7, 11) is 0. The summed E-state index contributed by atoms with van der Waals surface area (Å²) in [5.41, 5.74) is 1.12. The topological polar surface area (TPSA) is 36.4 Å². The molecule has 1 N–H and O–H groups in total. The highest BCUT2D eigenvalue weighted by molar-refractivity contribution is 5.20. The number of rotatable bonds is 4. The van der Waals surface area contributed by atoms with E-state index in [0.29, 0.717) is 5.92 Å². The van der Waals surface area contributed by atoms with Gasteiger partial charge in [0.25, 0.3) is 0 Å². The first-order chi connectivity index (χ1) is 9.26. The van der Waals surface area contributed by atoms with Crippen molar-refractivity contribution in [1.82, 2.24) is 9.88 Å². The van der Waals surface area contributed by atoms with Crippen LogP contribution in [0.3, 0.4) is 0 Å². The standard InChI is InChI=1S/C16H24N2O/c1-2-12(16-7-6-15(19)8-17-16)9-18-10-13-4-3-5-14(13)11-18/h6-8,12-14,19H,2-5,9-11H2,1H3/t12?,13-,14+. The molecular formula is C16H24N2O. The van der Waals surface area contributed by atoms with Crippen molar-refractivity contribution in [1.29, 1.82) is 0 Å². The zero-order valence-corrected chi connectivity index (χ0v) is 11.8. The van der Waals surface area contributed by atoms with E-state index in [2.05, 4.69) is 16.8 Å². The lowest BCUT2D eigenvalue weighted by molar-refractivity contribution is 0.285. The van der Waals surface area contributed by atoms with Gasteiger partial charge in [0, 0.05) is 31.2 Å². The molecule has 1 saturated carbocycles. The summed E-state index contributed by atoms with van der Waals surface area (Å²) in [4.78, 5) is 7.02. The summed E-state index contributed by atoms with van der Waals surface area (Å²) in [5.74, 6) is 2.68. The van der Waals surface area contributed by atoms with E-state index in [0.717, 1.165) is 30.5 Å². The lowest BCUT2D eigenvalue weighted by Gasteiger charge is -2.23. The molecule has 0 radical (unpaired) electrons. The molecule has 0 spiro atoms. The van der Waals surface area contributed by atoms with E-state index in [-0.39, 0.29) is 5.75 Å². The Bertz CT molecular complexity index is 405. The van der Waals surface area contributed by atoms with Crippen LogP contribution in [0.1, 0.15) is 44.2 Å². The van der Waals surface area contributed by atoms with Crippen molar-refractivity contribution in [2.24, 2.45) is 11.8 Å². The SMILES string of the molecule is CCC(CN1C[C@H]2CCC[C@H]2C1)c1ccc(O)cn1. The third-order valence-corrected chi connectivity index (χ3v) is 4.96. The van der Waals surface area contributed by atoms with Gasteiger partial charge in [0.2, 0.25) is 0 Å². The molecule has 3 atom stereocenters. The van der Waals surface area contributed by atoms with E-state index in [1.165, 1.54) is 32.4 Å². The minimum Gasteiger partial charge on any atom is -0.506 e. The normalized spacial score (nSPS) is 28.5. The van der Waals surface area contributed by atoms with Gasteiger partial charge in [0.1, 0.15) is 5.75 Å². The molecule has 2 fully saturated rings. The molecule has 0 amide bonds. The first kappa shape index (κ1) is 12.9. The Kier molecular flexibility index (Phi) is 3.74. The fourth-order valence-corrected chi connectivity index (χ4v) is 3.86. The zero-order chi connectivity index (χ0) is 13.2. The van der Waals surface area contributed by atoms with Gasteiger partial charge in [0.05, 0.1) is 6.20 Å². The Morgan fingerprint density at radius 3 is 2.63 bits per heavy atom. The first-order valence-electron chi connectivity index (χ1n) is 7.63. The highest BCUT2D eigenvalue weighted by Gasteiger charge is 2.36. The van der Waals surface area contributed by atoms with Crippen molar-refractivity contribution in [3.8, 4) is 5.75 Å². The molecule has 3 rings (SSSR count). The van der Waals surface area contributed by atoms with Crippen molar-refractivity contribution >= 4 is 0 Å². The lowest BCUT2D eigenvalue weighted by Crippen LogP contribution is -2.27. The Hall–Kier alpha value is -1.09. The number of aromatic nitrogens is 1. The quantitative estimate of drug-likeness (QED) is 0.904. The van der Waals surface area contributed by atoms with Crippen LogP contribution in [0.4, 0.5) is 0 Å². The number of pyridine rings is 1. The number of hydrogen-bond acceptors (Lipinski definition) is 3. The molecule has 1 aliphatic carbocycles. The maximum atomic E-state index is 9.33. The molecule has 2 aliphatic rings. The van der Waals surface area contributed by atoms with E-state index in [1.54, 1.807) is 12.3 Å². The summed E-state index contributed by atoms with van der Waals surface area (Å²) in [6, 6.07) is 3.73. The summed E-state index contributed by atoms with van der Waals surface area (Å²) >= 11 is 0. The van der Waals surface area contributed by atoms with E-state index in [4.69, 9.17) is 0 Å². The Labute approximate surface area is 115 Å². The molecule has 1 aromatic rings. The van der Waals surface area contributed by atoms with Crippen molar-refractivity contribution < 1.29 is 5.11 Å². The maximum Gasteiger partial charge on any atom is 0.133 e. The van der Waals surface area contributed by atoms with Gasteiger partial charge in [-0.05, 0) is 43.2 Å². The van der Waals surface area contributed by atoms with Gasteiger partial charge < -0.3 is 10.0 Å². The first-order valence-corrected chi connectivity index (χ1v) is 7.63. The van der Waals surface area contributed by atoms with E-state index in [1.807, 2.05) is 6.07 Å². The van der Waals surface area contributed by atoms with Gasteiger partial charge in [-0.25, -0.2) is 0 Å². The fraction of sp³-hybridized carbons (Fsp3) is 0.688. The fourth-order valence-electron chi connectivity index (χ4n) is 3.86. The summed E-state index contributed by atoms with van der Waals surface area (Å²) in [6.07, 6.45) is 7.01. The van der Waals surface area contributed by atoms with Crippen LogP contribution in [-0.2, 0) is 0 Å². The van der Waals surface area contributed by atoms with E-state index >= 15 is 0 Å². The maximum absolute atomic E-state index is 9.33. The number of hydrogen-bond donors (Lipinski definition) is 1. The number of likely N-dealkylation sites (tertiary alicyclic amines) is 1. The Morgan fingerprint density at radius 2 is 2.05 bits per heavy atom. The molecule has 3 nitrogen and oxygen atoms in total. The second-order valence-corrected chi connectivity index (χ2v) is 6.22. The van der Waals surface area contributed by atoms with Crippen LogP contribution in [0.5, 0.6) is 5.75 Å². The number of fused-ring (bicyclic) bond motifs is 1. The van der Waals surface area contributed by atoms with Gasteiger partial charge in [0.15, 0.2) is 0 Å². The largest absolute Gasteiger partial charge is 0.506 e. The van der Waals surface area contributed by atoms with Gasteiger partial charge in [-0.15, -0.1) is 0 Å². The monoisotopic (exact) mass is 260 g/mol. The molecular weight excluding hydrogens is 236 g/mol. The van der Waals surface area contributed by atoms with Gasteiger partial charge in [-0.1, -0.05) is 13.3 Å². The van der Waals surface area contributed by atoms with Crippen LogP contribution < -0.4 is 0 Å². The Balaban J connectivity index is 1.62. The van der Waals surface area contributed by atoms with Crippen molar-refractivity contribution in [3.05, 3.63) is 24.0 Å². The molecule has 1 aliphatic heterocycles. The molecule has 0 aromatic carbocycles. The van der Waals surface area contributed by atoms with Crippen LogP contribution in [0, 0.1) is 11.8 Å². The number of aromatic hydroxyl groups is 1. The second kappa shape index (κ2) is 5.49. The van der Waals surface area contributed by atoms with Crippen LogP contribution in [0.15, 0.2) is 18.3 Å². The minimum absolute atomic E-state index is 0.259. The third-order valence-electron chi connectivity index (χ3n) is 4.96. The second-order valence-electron chi connectivity index (χ2n) is 6.22. The molecule has 3 heteroatoms. The predicted molar refractivity (Wildman–Crippen MR) is 76.2 cm³/mol. The van der Waals surface area contributed by atoms with Crippen LogP contribution in [0.2, 0.25) is 0 Å². The molecule has 1 aromatic heterocycles. The van der Waals surface area contributed by atoms with Crippen LogP contribution >= 0.6 is 0 Å². The Morgan fingerprint density at radius 1 is 1.32 bits per heavy atom. The van der Waals surface area contributed by atoms with Crippen LogP contribution in [0.25, 0.3) is 0 Å². The zero-order valence-electron chi connectivity index (χ0n) is 11.8. The summed E-state index contributed by atoms with van der Waals surface area (Å²) < 4.78 is 0. The summed E-state index contributed by atoms with van der Waals surface area (Å²) in [6.45, 7) is 5.94. The smallest absolute Gasteiger partial charge is 0.133 e. The van der Waals surface area contributed by atoms with Crippen molar-refractivity contribution in [2.45, 2.75) is 38.5 Å². The average Bonchev–Trinajstić information content (AvgIpc) is 2.98. The molecule has 2 heterocycles. The van der Waals surface area contributed by atoms with Crippen molar-refractivity contribution in [3.63, 3.8) is 0 Å². The molecule has 104 valence electrons. The number of nitrogens with zero attached hydrogens (tertiary/aromatic N) is 2. The van der Waals surface area contributed by atoms with Gasteiger partial charge in [-0.3, -0.25) is 4.98 Å². The molecule has 1 saturated heterocycles. The van der Waals surface area contributed by atoms with E-state index < -0.39 is 0 Å². The third kappa shape index (κ3) is 2.76. The van der Waals surface area contributed by atoms with Gasteiger partial charge in [-0.2, -0.15) is 0 Å². The molecule has 1 unspecified atom stereocenters. The molecule has 19 heavy (non-hydrogen) atoms. The minimum atomic E-state index is 0.259. The van der Waals surface area contributed by atoms with Crippen LogP contribution in [-0.4, -0.2) is 34.6 Å². The van der Waals surface area contributed by atoms with Crippen molar-refractivity contribution in [2.75, 3.05) is 19.6 Å². The highest BCUT2D eigenvalue weighted by Crippen LogP contribution is 2.38. The molecule has 0 bridgehead atoms. The lowest BCUT2D eigenvalue weighted by atomic mass is 10.0. The summed E-state index contributed by atoms with van der Waals surface area (Å²) in [5, 5.41) is 9.33. The predicted octanol–water partition coefficient (Wildman–Crippen LogP) is 3.01. The van der Waals surface area contributed by atoms with E-state index in [9.17, 15) is 5.11 Å². The average molecular weight is 260 g/mol. The van der Waals surface area contributed by atoms with Gasteiger partial charge >= 0.3 is 0 Å².